The Bertz CT molecular complexity index is 1480. The van der Waals surface area contributed by atoms with E-state index in [0.29, 0.717) is 58.8 Å². The summed E-state index contributed by atoms with van der Waals surface area (Å²) in [7, 11) is 0. The van der Waals surface area contributed by atoms with Gasteiger partial charge in [-0.2, -0.15) is 33.2 Å². The summed E-state index contributed by atoms with van der Waals surface area (Å²) < 4.78 is 51.0. The number of nitro groups is 1. The second-order valence-corrected chi connectivity index (χ2v) is 11.0. The smallest absolute Gasteiger partial charge is 0.416 e. The lowest BCUT2D eigenvalue weighted by Gasteiger charge is -2.27. The molecule has 2 saturated heterocycles. The highest BCUT2D eigenvalue weighted by molar-refractivity contribution is 9.11. The van der Waals surface area contributed by atoms with E-state index in [4.69, 9.17) is 9.47 Å². The summed E-state index contributed by atoms with van der Waals surface area (Å²) in [6.45, 7) is 4.22. The minimum atomic E-state index is -4.74. The molecular formula is C25H23Br2F3N8O4. The molecular weight excluding hydrogens is 693 g/mol. The van der Waals surface area contributed by atoms with E-state index in [0.717, 1.165) is 38.1 Å². The average Bonchev–Trinajstić information content (AvgIpc) is 3.50. The van der Waals surface area contributed by atoms with Crippen LogP contribution in [0.25, 0.3) is 0 Å². The van der Waals surface area contributed by atoms with Crippen molar-refractivity contribution >= 4 is 61.6 Å². The van der Waals surface area contributed by atoms with Crippen LogP contribution in [0.2, 0.25) is 0 Å². The minimum absolute atomic E-state index is 0.130. The van der Waals surface area contributed by atoms with Crippen LogP contribution >= 0.6 is 31.9 Å². The normalized spacial score (nSPS) is 15.8. The molecule has 2 aromatic carbocycles. The van der Waals surface area contributed by atoms with Crippen molar-refractivity contribution in [2.45, 2.75) is 19.0 Å². The molecule has 0 saturated carbocycles. The van der Waals surface area contributed by atoms with Gasteiger partial charge in [-0.25, -0.2) is 5.43 Å². The molecule has 222 valence electrons. The number of nitrogens with one attached hydrogen (secondary N) is 1. The third-order valence-corrected chi connectivity index (χ3v) is 7.57. The molecule has 1 aromatic heterocycles. The summed E-state index contributed by atoms with van der Waals surface area (Å²) in [5, 5.41) is 15.7. The van der Waals surface area contributed by atoms with Crippen molar-refractivity contribution in [2.24, 2.45) is 5.10 Å². The number of rotatable bonds is 8. The molecule has 1 N–H and O–H groups in total. The van der Waals surface area contributed by atoms with Crippen molar-refractivity contribution in [1.82, 2.24) is 15.0 Å². The maximum absolute atomic E-state index is 13.1. The molecule has 5 rings (SSSR count). The quantitative estimate of drug-likeness (QED) is 0.168. The number of halogens is 5. The molecule has 2 aliphatic heterocycles. The molecule has 0 amide bonds. The summed E-state index contributed by atoms with van der Waals surface area (Å²) in [5.41, 5.74) is 1.49. The zero-order valence-corrected chi connectivity index (χ0v) is 24.9. The average molecular weight is 716 g/mol. The predicted octanol–water partition coefficient (Wildman–Crippen LogP) is 6.00. The SMILES string of the molecule is O=[N+]([O-])c1cc(C(F)(F)F)ccc1Oc1c(Br)cc(/C=N/Nc2nc(N3CCCC3)nc(N3CCOCC3)n2)cc1Br. The molecule has 17 heteroatoms. The number of nitrogens with zero attached hydrogens (tertiary/aromatic N) is 7. The van der Waals surface area contributed by atoms with E-state index in [2.05, 4.69) is 62.2 Å². The van der Waals surface area contributed by atoms with Gasteiger partial charge in [0.25, 0.3) is 0 Å². The molecule has 2 fully saturated rings. The number of hydrogen-bond acceptors (Lipinski definition) is 11. The van der Waals surface area contributed by atoms with Crippen molar-refractivity contribution in [3.05, 3.63) is 60.5 Å². The van der Waals surface area contributed by atoms with Crippen LogP contribution in [0.4, 0.5) is 36.7 Å². The summed E-state index contributed by atoms with van der Waals surface area (Å²) in [6, 6.07) is 5.32. The molecule has 0 spiro atoms. The van der Waals surface area contributed by atoms with Crippen LogP contribution < -0.4 is 20.0 Å². The third-order valence-electron chi connectivity index (χ3n) is 6.39. The summed E-state index contributed by atoms with van der Waals surface area (Å²) >= 11 is 6.72. The van der Waals surface area contributed by atoms with Gasteiger partial charge in [-0.05, 0) is 74.5 Å². The van der Waals surface area contributed by atoms with Crippen molar-refractivity contribution < 1.29 is 27.6 Å². The van der Waals surface area contributed by atoms with Gasteiger partial charge in [0, 0.05) is 32.2 Å². The topological polar surface area (TPSA) is 131 Å². The first-order chi connectivity index (χ1) is 20.1. The number of morpholine rings is 1. The number of hydrazone groups is 1. The Morgan fingerprint density at radius 1 is 1.00 bits per heavy atom. The molecule has 2 aliphatic rings. The molecule has 3 heterocycles. The van der Waals surface area contributed by atoms with Gasteiger partial charge in [-0.3, -0.25) is 10.1 Å². The number of aromatic nitrogens is 3. The van der Waals surface area contributed by atoms with Gasteiger partial charge in [0.2, 0.25) is 23.6 Å². The monoisotopic (exact) mass is 714 g/mol. The van der Waals surface area contributed by atoms with Crippen LogP contribution in [-0.2, 0) is 10.9 Å². The van der Waals surface area contributed by atoms with Crippen molar-refractivity contribution in [1.29, 1.82) is 0 Å². The van der Waals surface area contributed by atoms with E-state index < -0.39 is 22.4 Å². The Balaban J connectivity index is 1.34. The van der Waals surface area contributed by atoms with Gasteiger partial charge in [0.1, 0.15) is 0 Å². The highest BCUT2D eigenvalue weighted by atomic mass is 79.9. The molecule has 42 heavy (non-hydrogen) atoms. The number of nitro benzene ring substituents is 1. The number of ether oxygens (including phenoxy) is 2. The van der Waals surface area contributed by atoms with E-state index in [-0.39, 0.29) is 17.4 Å². The lowest BCUT2D eigenvalue weighted by atomic mass is 10.2. The van der Waals surface area contributed by atoms with E-state index in [1.54, 1.807) is 12.1 Å². The number of benzene rings is 2. The van der Waals surface area contributed by atoms with Crippen molar-refractivity contribution in [3.63, 3.8) is 0 Å². The molecule has 0 bridgehead atoms. The molecule has 0 unspecified atom stereocenters. The van der Waals surface area contributed by atoms with Gasteiger partial charge < -0.3 is 19.3 Å². The van der Waals surface area contributed by atoms with Crippen LogP contribution in [0.5, 0.6) is 11.5 Å². The fourth-order valence-corrected chi connectivity index (χ4v) is 5.70. The van der Waals surface area contributed by atoms with E-state index in [9.17, 15) is 23.3 Å². The Morgan fingerprint density at radius 3 is 2.21 bits per heavy atom. The summed E-state index contributed by atoms with van der Waals surface area (Å²) in [6.07, 6.45) is -1.10. The highest BCUT2D eigenvalue weighted by Gasteiger charge is 2.33. The Kier molecular flexibility index (Phi) is 9.08. The standard InChI is InChI=1S/C25H23Br2F3N8O4/c26-17-11-15(12-18(27)21(17)42-20-4-3-16(25(28,29)30)13-19(20)38(39)40)14-31-35-22-32-23(36-5-1-2-6-36)34-24(33-22)37-7-9-41-10-8-37/h3-4,11-14H,1-2,5-10H2,(H,32,33,34,35)/b31-14+. The van der Waals surface area contributed by atoms with Crippen molar-refractivity contribution in [2.75, 3.05) is 54.6 Å². The first kappa shape index (κ1) is 29.9. The minimum Gasteiger partial charge on any atom is -0.448 e. The number of alkyl halides is 3. The predicted molar refractivity (Wildman–Crippen MR) is 156 cm³/mol. The zero-order valence-electron chi connectivity index (χ0n) is 21.8. The third kappa shape index (κ3) is 7.07. The summed E-state index contributed by atoms with van der Waals surface area (Å²) in [4.78, 5) is 28.4. The van der Waals surface area contributed by atoms with Crippen LogP contribution in [0.1, 0.15) is 24.0 Å². The Hall–Kier alpha value is -3.57. The molecule has 0 aliphatic carbocycles. The first-order valence-electron chi connectivity index (χ1n) is 12.7. The maximum Gasteiger partial charge on any atom is 0.416 e. The van der Waals surface area contributed by atoms with E-state index >= 15 is 0 Å². The van der Waals surface area contributed by atoms with E-state index in [1.807, 2.05) is 4.90 Å². The van der Waals surface area contributed by atoms with Crippen LogP contribution in [0.3, 0.4) is 0 Å². The molecule has 0 radical (unpaired) electrons. The summed E-state index contributed by atoms with van der Waals surface area (Å²) in [5.74, 6) is 1.17. The highest BCUT2D eigenvalue weighted by Crippen LogP contribution is 2.42. The lowest BCUT2D eigenvalue weighted by molar-refractivity contribution is -0.385. The Labute approximate surface area is 254 Å². The number of hydrogen-bond donors (Lipinski definition) is 1. The van der Waals surface area contributed by atoms with Gasteiger partial charge in [-0.15, -0.1) is 0 Å². The Morgan fingerprint density at radius 2 is 1.62 bits per heavy atom. The lowest BCUT2D eigenvalue weighted by Crippen LogP contribution is -2.38. The van der Waals surface area contributed by atoms with Gasteiger partial charge in [0.05, 0.1) is 38.9 Å². The fourth-order valence-electron chi connectivity index (χ4n) is 4.32. The first-order valence-corrected chi connectivity index (χ1v) is 14.3. The molecule has 12 nitrogen and oxygen atoms in total. The van der Waals surface area contributed by atoms with Crippen LogP contribution in [-0.4, -0.2) is 65.5 Å². The van der Waals surface area contributed by atoms with Gasteiger partial charge >= 0.3 is 11.9 Å². The van der Waals surface area contributed by atoms with Crippen LogP contribution in [0.15, 0.2) is 44.4 Å². The second-order valence-electron chi connectivity index (χ2n) is 9.28. The maximum atomic E-state index is 13.1. The molecule has 3 aromatic rings. The molecule has 0 atom stereocenters. The largest absolute Gasteiger partial charge is 0.448 e. The zero-order chi connectivity index (χ0) is 29.9. The second kappa shape index (κ2) is 12.7. The van der Waals surface area contributed by atoms with Gasteiger partial charge in [0.15, 0.2) is 5.75 Å². The van der Waals surface area contributed by atoms with Crippen molar-refractivity contribution in [3.8, 4) is 11.5 Å². The van der Waals surface area contributed by atoms with Gasteiger partial charge in [-0.1, -0.05) is 0 Å². The fraction of sp³-hybridized carbons (Fsp3) is 0.360. The van der Waals surface area contributed by atoms with E-state index in [1.165, 1.54) is 6.21 Å². The van der Waals surface area contributed by atoms with Crippen LogP contribution in [0, 0.1) is 10.1 Å². The number of anilines is 3.